The van der Waals surface area contributed by atoms with Crippen LogP contribution in [0.1, 0.15) is 49.9 Å². The van der Waals surface area contributed by atoms with Gasteiger partial charge in [-0.3, -0.25) is 0 Å². The maximum Gasteiger partial charge on any atom is 0.0541 e. The summed E-state index contributed by atoms with van der Waals surface area (Å²) < 4.78 is 2.41. The zero-order valence-corrected chi connectivity index (χ0v) is 32.2. The molecule has 0 saturated heterocycles. The zero-order valence-electron chi connectivity index (χ0n) is 32.2. The molecule has 0 aliphatic heterocycles. The summed E-state index contributed by atoms with van der Waals surface area (Å²) in [7, 11) is 0. The summed E-state index contributed by atoms with van der Waals surface area (Å²) in [5.74, 6) is 0. The van der Waals surface area contributed by atoms with Gasteiger partial charge in [-0.2, -0.15) is 0 Å². The summed E-state index contributed by atoms with van der Waals surface area (Å²) in [5.41, 5.74) is 20.1. The molecule has 8 aromatic carbocycles. The number of rotatable bonds is 5. The fourth-order valence-electron chi connectivity index (χ4n) is 9.92. The fourth-order valence-corrected chi connectivity index (χ4v) is 9.92. The molecule has 0 N–H and O–H groups in total. The van der Waals surface area contributed by atoms with Gasteiger partial charge in [0.1, 0.15) is 0 Å². The van der Waals surface area contributed by atoms with Gasteiger partial charge in [0, 0.05) is 44.4 Å². The highest BCUT2D eigenvalue weighted by Gasteiger charge is 2.37. The van der Waals surface area contributed by atoms with Crippen LogP contribution in [0.15, 0.2) is 182 Å². The Morgan fingerprint density at radius 2 is 0.857 bits per heavy atom. The molecule has 1 heterocycles. The van der Waals surface area contributed by atoms with Crippen molar-refractivity contribution in [1.82, 2.24) is 4.57 Å². The van der Waals surface area contributed by atoms with Crippen molar-refractivity contribution in [2.24, 2.45) is 0 Å². The standard InChI is InChI=1S/C54H42N2/c1-53(2)47-19-11-8-16-41(47)43-29-27-39(33-49(43)53)55(40-28-30-44-42-17-9-12-20-48(42)54(3,4)50(44)34-40)37-23-25-38(26-24-37)56-51-21-13-10-18-45(51)46-32-36(22-31-52(46)56)35-14-6-5-7-15-35/h5-34H,1-4H3. The molecule has 2 aliphatic carbocycles. The quantitative estimate of drug-likeness (QED) is 0.172. The third-order valence-electron chi connectivity index (χ3n) is 12.8. The average Bonchev–Trinajstić information content (AvgIpc) is 3.78. The summed E-state index contributed by atoms with van der Waals surface area (Å²) in [5, 5.41) is 2.52. The Bertz CT molecular complexity index is 2910. The number of para-hydroxylation sites is 1. The molecular weight excluding hydrogens is 677 g/mol. The third-order valence-corrected chi connectivity index (χ3v) is 12.8. The number of hydrogen-bond acceptors (Lipinski definition) is 1. The molecule has 56 heavy (non-hydrogen) atoms. The average molecular weight is 719 g/mol. The molecule has 0 saturated carbocycles. The van der Waals surface area contributed by atoms with Gasteiger partial charge in [0.15, 0.2) is 0 Å². The van der Waals surface area contributed by atoms with Crippen LogP contribution >= 0.6 is 0 Å². The van der Waals surface area contributed by atoms with Crippen molar-refractivity contribution in [2.75, 3.05) is 4.90 Å². The normalized spacial score (nSPS) is 14.4. The largest absolute Gasteiger partial charge is 0.310 e. The van der Waals surface area contributed by atoms with Crippen LogP contribution in [0.4, 0.5) is 17.1 Å². The lowest BCUT2D eigenvalue weighted by molar-refractivity contribution is 0.660. The van der Waals surface area contributed by atoms with Crippen molar-refractivity contribution in [2.45, 2.75) is 38.5 Å². The first-order valence-corrected chi connectivity index (χ1v) is 19.8. The van der Waals surface area contributed by atoms with E-state index in [2.05, 4.69) is 219 Å². The van der Waals surface area contributed by atoms with Gasteiger partial charge in [-0.25, -0.2) is 0 Å². The number of fused-ring (bicyclic) bond motifs is 9. The van der Waals surface area contributed by atoms with Crippen molar-refractivity contribution in [3.63, 3.8) is 0 Å². The number of hydrogen-bond donors (Lipinski definition) is 0. The Morgan fingerprint density at radius 1 is 0.357 bits per heavy atom. The second kappa shape index (κ2) is 11.9. The van der Waals surface area contributed by atoms with Gasteiger partial charge < -0.3 is 9.47 Å². The van der Waals surface area contributed by atoms with E-state index in [1.54, 1.807) is 0 Å². The van der Waals surface area contributed by atoms with Crippen LogP contribution < -0.4 is 4.90 Å². The molecule has 2 aliphatic rings. The molecule has 11 rings (SSSR count). The predicted octanol–water partition coefficient (Wildman–Crippen LogP) is 14.5. The van der Waals surface area contributed by atoms with E-state index in [-0.39, 0.29) is 10.8 Å². The van der Waals surface area contributed by atoms with Gasteiger partial charge in [0.2, 0.25) is 0 Å². The van der Waals surface area contributed by atoms with Gasteiger partial charge in [-0.05, 0) is 122 Å². The molecule has 0 spiro atoms. The molecule has 0 bridgehead atoms. The molecule has 9 aromatic rings. The van der Waals surface area contributed by atoms with Crippen molar-refractivity contribution in [3.05, 3.63) is 204 Å². The lowest BCUT2D eigenvalue weighted by Gasteiger charge is -2.30. The van der Waals surface area contributed by atoms with Crippen LogP contribution in [0.3, 0.4) is 0 Å². The van der Waals surface area contributed by atoms with E-state index < -0.39 is 0 Å². The van der Waals surface area contributed by atoms with Gasteiger partial charge in [-0.15, -0.1) is 0 Å². The van der Waals surface area contributed by atoms with Crippen molar-refractivity contribution >= 4 is 38.9 Å². The predicted molar refractivity (Wildman–Crippen MR) is 236 cm³/mol. The van der Waals surface area contributed by atoms with E-state index in [9.17, 15) is 0 Å². The summed E-state index contributed by atoms with van der Waals surface area (Å²) in [6.45, 7) is 9.46. The van der Waals surface area contributed by atoms with Crippen molar-refractivity contribution < 1.29 is 0 Å². The minimum atomic E-state index is -0.101. The van der Waals surface area contributed by atoms with E-state index >= 15 is 0 Å². The molecule has 0 radical (unpaired) electrons. The Kier molecular flexibility index (Phi) is 6.98. The number of anilines is 3. The highest BCUT2D eigenvalue weighted by atomic mass is 15.1. The molecule has 2 heteroatoms. The maximum absolute atomic E-state index is 2.46. The van der Waals surface area contributed by atoms with E-state index in [0.29, 0.717) is 0 Å². The minimum Gasteiger partial charge on any atom is -0.310 e. The third kappa shape index (κ3) is 4.69. The molecule has 268 valence electrons. The SMILES string of the molecule is CC1(C)c2ccccc2-c2ccc(N(c3ccc(-n4c5ccccc5c5cc(-c6ccccc6)ccc54)cc3)c3ccc4c(c3)C(C)(C)c3ccccc3-4)cc21. The van der Waals surface area contributed by atoms with Crippen LogP contribution in [-0.4, -0.2) is 4.57 Å². The molecule has 0 unspecified atom stereocenters. The van der Waals surface area contributed by atoms with Gasteiger partial charge in [0.25, 0.3) is 0 Å². The zero-order chi connectivity index (χ0) is 37.8. The molecule has 2 nitrogen and oxygen atoms in total. The smallest absolute Gasteiger partial charge is 0.0541 e. The molecule has 0 fully saturated rings. The second-order valence-corrected chi connectivity index (χ2v) is 16.6. The lowest BCUT2D eigenvalue weighted by Crippen LogP contribution is -2.18. The summed E-state index contributed by atoms with van der Waals surface area (Å²) in [6.07, 6.45) is 0. The molecule has 1 aromatic heterocycles. The Balaban J connectivity index is 1.07. The summed E-state index contributed by atoms with van der Waals surface area (Å²) in [4.78, 5) is 2.46. The first-order chi connectivity index (χ1) is 27.3. The first-order valence-electron chi connectivity index (χ1n) is 19.8. The highest BCUT2D eigenvalue weighted by Crippen LogP contribution is 2.53. The van der Waals surface area contributed by atoms with E-state index in [1.165, 1.54) is 77.4 Å². The van der Waals surface area contributed by atoms with Gasteiger partial charge in [0.05, 0.1) is 11.0 Å². The number of aromatic nitrogens is 1. The molecular formula is C54H42N2. The monoisotopic (exact) mass is 718 g/mol. The van der Waals surface area contributed by atoms with Crippen LogP contribution in [-0.2, 0) is 10.8 Å². The van der Waals surface area contributed by atoms with Gasteiger partial charge in [-0.1, -0.05) is 143 Å². The second-order valence-electron chi connectivity index (χ2n) is 16.6. The first kappa shape index (κ1) is 32.8. The van der Waals surface area contributed by atoms with E-state index in [4.69, 9.17) is 0 Å². The molecule has 0 atom stereocenters. The topological polar surface area (TPSA) is 8.17 Å². The van der Waals surface area contributed by atoms with E-state index in [1.807, 2.05) is 0 Å². The van der Waals surface area contributed by atoms with Crippen molar-refractivity contribution in [3.8, 4) is 39.1 Å². The van der Waals surface area contributed by atoms with Crippen LogP contribution in [0.25, 0.3) is 60.9 Å². The summed E-state index contributed by atoms with van der Waals surface area (Å²) >= 11 is 0. The van der Waals surface area contributed by atoms with E-state index in [0.717, 1.165) is 22.7 Å². The molecule has 0 amide bonds. The van der Waals surface area contributed by atoms with Crippen molar-refractivity contribution in [1.29, 1.82) is 0 Å². The fraction of sp³-hybridized carbons (Fsp3) is 0.111. The van der Waals surface area contributed by atoms with Crippen LogP contribution in [0.2, 0.25) is 0 Å². The number of benzene rings is 8. The highest BCUT2D eigenvalue weighted by molar-refractivity contribution is 6.10. The Labute approximate surface area is 328 Å². The Morgan fingerprint density at radius 3 is 1.48 bits per heavy atom. The Hall–Kier alpha value is -6.64. The number of nitrogens with zero attached hydrogens (tertiary/aromatic N) is 2. The van der Waals surface area contributed by atoms with Gasteiger partial charge >= 0.3 is 0 Å². The summed E-state index contributed by atoms with van der Waals surface area (Å²) in [6, 6.07) is 67.5. The van der Waals surface area contributed by atoms with Crippen LogP contribution in [0, 0.1) is 0 Å². The lowest BCUT2D eigenvalue weighted by atomic mass is 9.82. The van der Waals surface area contributed by atoms with Crippen LogP contribution in [0.5, 0.6) is 0 Å². The minimum absolute atomic E-state index is 0.101. The maximum atomic E-state index is 2.46.